The van der Waals surface area contributed by atoms with Crippen molar-refractivity contribution in [3.63, 3.8) is 0 Å². The van der Waals surface area contributed by atoms with Crippen LogP contribution in [0.4, 0.5) is 5.69 Å². The summed E-state index contributed by atoms with van der Waals surface area (Å²) in [6.07, 6.45) is 0.816. The zero-order valence-corrected chi connectivity index (χ0v) is 17.0. The van der Waals surface area contributed by atoms with Crippen molar-refractivity contribution in [2.24, 2.45) is 5.10 Å². The van der Waals surface area contributed by atoms with E-state index in [9.17, 15) is 0 Å². The Bertz CT molecular complexity index is 956. The van der Waals surface area contributed by atoms with Gasteiger partial charge in [-0.3, -0.25) is 0 Å². The molecule has 27 heavy (non-hydrogen) atoms. The summed E-state index contributed by atoms with van der Waals surface area (Å²) in [6, 6.07) is 28.7. The lowest BCUT2D eigenvalue weighted by molar-refractivity contribution is 0.375. The Kier molecular flexibility index (Phi) is 5.32. The molecule has 0 saturated carbocycles. The van der Waals surface area contributed by atoms with Gasteiger partial charge in [0, 0.05) is 16.6 Å². The number of hydrogen-bond donors (Lipinski definition) is 1. The summed E-state index contributed by atoms with van der Waals surface area (Å²) in [5.74, 6) is 0. The van der Waals surface area contributed by atoms with Gasteiger partial charge in [0.2, 0.25) is 0 Å². The fourth-order valence-electron chi connectivity index (χ4n) is 3.15. The van der Waals surface area contributed by atoms with Crippen LogP contribution in [0.3, 0.4) is 0 Å². The number of hydrazone groups is 1. The first kappa shape index (κ1) is 17.9. The Morgan fingerprint density at radius 2 is 1.56 bits per heavy atom. The number of rotatable bonds is 3. The zero-order chi connectivity index (χ0) is 18.6. The number of thiocarbonyl (C=S) groups is 1. The molecule has 1 heterocycles. The minimum atomic E-state index is 0.0804. The van der Waals surface area contributed by atoms with Gasteiger partial charge in [-0.1, -0.05) is 76.6 Å². The summed E-state index contributed by atoms with van der Waals surface area (Å²) in [5, 5.41) is 10.7. The van der Waals surface area contributed by atoms with Crippen LogP contribution in [0.15, 0.2) is 94.5 Å². The number of nitrogens with zero attached hydrogens (tertiary/aromatic N) is 2. The van der Waals surface area contributed by atoms with Crippen LogP contribution >= 0.6 is 28.1 Å². The minimum Gasteiger partial charge on any atom is -0.331 e. The quantitative estimate of drug-likeness (QED) is 0.511. The highest BCUT2D eigenvalue weighted by atomic mass is 79.9. The monoisotopic (exact) mass is 435 g/mol. The molecule has 1 unspecified atom stereocenters. The molecule has 0 radical (unpaired) electrons. The lowest BCUT2D eigenvalue weighted by Crippen LogP contribution is -2.31. The van der Waals surface area contributed by atoms with E-state index in [4.69, 9.17) is 17.3 Å². The van der Waals surface area contributed by atoms with E-state index in [1.54, 1.807) is 0 Å². The molecule has 3 aromatic carbocycles. The normalized spacial score (nSPS) is 16.1. The third kappa shape index (κ3) is 4.10. The largest absolute Gasteiger partial charge is 0.331 e. The van der Waals surface area contributed by atoms with Gasteiger partial charge in [0.05, 0.1) is 11.8 Å². The van der Waals surface area contributed by atoms with Gasteiger partial charge in [0.25, 0.3) is 0 Å². The smallest absolute Gasteiger partial charge is 0.194 e. The third-order valence-corrected chi connectivity index (χ3v) is 5.32. The first-order valence-corrected chi connectivity index (χ1v) is 9.94. The van der Waals surface area contributed by atoms with E-state index in [2.05, 4.69) is 57.6 Å². The maximum Gasteiger partial charge on any atom is 0.194 e. The molecule has 0 saturated heterocycles. The van der Waals surface area contributed by atoms with Crippen molar-refractivity contribution >= 4 is 44.7 Å². The van der Waals surface area contributed by atoms with Crippen molar-refractivity contribution in [2.45, 2.75) is 12.5 Å². The number of benzene rings is 3. The molecule has 3 aromatic rings. The van der Waals surface area contributed by atoms with Crippen LogP contribution in [-0.4, -0.2) is 15.8 Å². The van der Waals surface area contributed by atoms with Crippen LogP contribution in [0.25, 0.3) is 0 Å². The van der Waals surface area contributed by atoms with E-state index >= 15 is 0 Å². The van der Waals surface area contributed by atoms with Crippen molar-refractivity contribution in [1.82, 2.24) is 5.01 Å². The van der Waals surface area contributed by atoms with E-state index in [0.29, 0.717) is 5.11 Å². The molecule has 0 bridgehead atoms. The summed E-state index contributed by atoms with van der Waals surface area (Å²) < 4.78 is 1.03. The molecule has 3 nitrogen and oxygen atoms in total. The molecular formula is C22H18BrN3S. The average molecular weight is 436 g/mol. The molecule has 4 rings (SSSR count). The Balaban J connectivity index is 1.63. The van der Waals surface area contributed by atoms with Crippen LogP contribution in [0.1, 0.15) is 23.6 Å². The number of halogens is 1. The SMILES string of the molecule is S=C(Nc1ccc(Br)cc1)N1N=C(c2ccccc2)CC1c1ccccc1. The maximum absolute atomic E-state index is 5.70. The Morgan fingerprint density at radius 3 is 2.22 bits per heavy atom. The van der Waals surface area contributed by atoms with Crippen LogP contribution < -0.4 is 5.32 Å². The predicted octanol–water partition coefficient (Wildman–Crippen LogP) is 6.00. The minimum absolute atomic E-state index is 0.0804. The fraction of sp³-hybridized carbons (Fsp3) is 0.0909. The number of hydrogen-bond acceptors (Lipinski definition) is 2. The molecule has 0 fully saturated rings. The second kappa shape index (κ2) is 8.03. The molecule has 1 atom stereocenters. The van der Waals surface area contributed by atoms with Gasteiger partial charge in [-0.15, -0.1) is 0 Å². The summed E-state index contributed by atoms with van der Waals surface area (Å²) in [4.78, 5) is 0. The maximum atomic E-state index is 5.70. The first-order valence-electron chi connectivity index (χ1n) is 8.74. The predicted molar refractivity (Wildman–Crippen MR) is 119 cm³/mol. The van der Waals surface area contributed by atoms with Crippen LogP contribution in [0, 0.1) is 0 Å². The molecule has 0 aliphatic carbocycles. The highest BCUT2D eigenvalue weighted by Crippen LogP contribution is 2.33. The average Bonchev–Trinajstić information content (AvgIpc) is 3.17. The molecule has 134 valence electrons. The lowest BCUT2D eigenvalue weighted by Gasteiger charge is -2.24. The highest BCUT2D eigenvalue weighted by molar-refractivity contribution is 9.10. The van der Waals surface area contributed by atoms with E-state index in [-0.39, 0.29) is 6.04 Å². The summed E-state index contributed by atoms with van der Waals surface area (Å²) in [6.45, 7) is 0. The topological polar surface area (TPSA) is 27.6 Å². The van der Waals surface area contributed by atoms with Crippen molar-refractivity contribution < 1.29 is 0 Å². The summed E-state index contributed by atoms with van der Waals surface area (Å²) in [5.41, 5.74) is 4.32. The summed E-state index contributed by atoms with van der Waals surface area (Å²) in [7, 11) is 0. The molecule has 0 aromatic heterocycles. The van der Waals surface area contributed by atoms with Gasteiger partial charge >= 0.3 is 0 Å². The molecule has 0 amide bonds. The second-order valence-electron chi connectivity index (χ2n) is 6.32. The first-order chi connectivity index (χ1) is 13.2. The van der Waals surface area contributed by atoms with Crippen molar-refractivity contribution in [3.8, 4) is 0 Å². The second-order valence-corrected chi connectivity index (χ2v) is 7.63. The molecular weight excluding hydrogens is 418 g/mol. The highest BCUT2D eigenvalue weighted by Gasteiger charge is 2.31. The number of nitrogens with one attached hydrogen (secondary N) is 1. The van der Waals surface area contributed by atoms with E-state index < -0.39 is 0 Å². The molecule has 1 aliphatic heterocycles. The van der Waals surface area contributed by atoms with E-state index in [0.717, 1.165) is 27.9 Å². The number of anilines is 1. The van der Waals surface area contributed by atoms with E-state index in [1.807, 2.05) is 53.5 Å². The van der Waals surface area contributed by atoms with Crippen molar-refractivity contribution in [3.05, 3.63) is 101 Å². The van der Waals surface area contributed by atoms with Gasteiger partial charge in [-0.05, 0) is 47.6 Å². The van der Waals surface area contributed by atoms with E-state index in [1.165, 1.54) is 5.56 Å². The lowest BCUT2D eigenvalue weighted by atomic mass is 9.99. The third-order valence-electron chi connectivity index (χ3n) is 4.51. The Hall–Kier alpha value is -2.50. The molecule has 0 spiro atoms. The molecule has 1 N–H and O–H groups in total. The molecule has 5 heteroatoms. The Morgan fingerprint density at radius 1 is 0.926 bits per heavy atom. The van der Waals surface area contributed by atoms with Crippen molar-refractivity contribution in [1.29, 1.82) is 0 Å². The van der Waals surface area contributed by atoms with Gasteiger partial charge in [0.15, 0.2) is 5.11 Å². The van der Waals surface area contributed by atoms with Crippen molar-refractivity contribution in [2.75, 3.05) is 5.32 Å². The van der Waals surface area contributed by atoms with Crippen LogP contribution in [0.2, 0.25) is 0 Å². The van der Waals surface area contributed by atoms with Crippen LogP contribution in [-0.2, 0) is 0 Å². The zero-order valence-electron chi connectivity index (χ0n) is 14.5. The Labute approximate surface area is 172 Å². The van der Waals surface area contributed by atoms with Gasteiger partial charge in [-0.2, -0.15) is 5.10 Å². The molecule has 1 aliphatic rings. The van der Waals surface area contributed by atoms with Gasteiger partial charge < -0.3 is 5.32 Å². The van der Waals surface area contributed by atoms with Gasteiger partial charge in [0.1, 0.15) is 0 Å². The van der Waals surface area contributed by atoms with Gasteiger partial charge in [-0.25, -0.2) is 5.01 Å². The summed E-state index contributed by atoms with van der Waals surface area (Å²) >= 11 is 9.16. The fourth-order valence-corrected chi connectivity index (χ4v) is 3.70. The standard InChI is InChI=1S/C22H18BrN3S/c23-18-11-13-19(14-12-18)24-22(27)26-21(17-9-5-2-6-10-17)15-20(25-26)16-7-3-1-4-8-16/h1-14,21H,15H2,(H,24,27). The van der Waals surface area contributed by atoms with Crippen LogP contribution in [0.5, 0.6) is 0 Å².